The minimum Gasteiger partial charge on any atom is -0.468 e. The monoisotopic (exact) mass is 260 g/mol. The van der Waals surface area contributed by atoms with E-state index in [0.717, 1.165) is 24.5 Å². The highest BCUT2D eigenvalue weighted by molar-refractivity contribution is 5.85. The van der Waals surface area contributed by atoms with E-state index in [2.05, 4.69) is 10.3 Å². The van der Waals surface area contributed by atoms with E-state index in [9.17, 15) is 0 Å². The largest absolute Gasteiger partial charge is 0.468 e. The van der Waals surface area contributed by atoms with Gasteiger partial charge in [-0.3, -0.25) is 4.98 Å². The Hall–Kier alpha value is -1.03. The van der Waals surface area contributed by atoms with Crippen molar-refractivity contribution in [2.75, 3.05) is 0 Å². The molecule has 2 aromatic heterocycles. The predicted molar refractivity (Wildman–Crippen MR) is 68.0 cm³/mol. The molecule has 0 saturated carbocycles. The van der Waals surface area contributed by atoms with Crippen LogP contribution in [0, 0.1) is 0 Å². The van der Waals surface area contributed by atoms with Crippen molar-refractivity contribution in [3.63, 3.8) is 0 Å². The lowest BCUT2D eigenvalue weighted by molar-refractivity contribution is 0.482. The van der Waals surface area contributed by atoms with Gasteiger partial charge in [0.15, 0.2) is 0 Å². The van der Waals surface area contributed by atoms with Gasteiger partial charge in [0.2, 0.25) is 0 Å². The first kappa shape index (κ1) is 15.0. The van der Waals surface area contributed by atoms with Crippen LogP contribution in [0.4, 0.5) is 0 Å². The van der Waals surface area contributed by atoms with Crippen LogP contribution in [-0.2, 0) is 13.1 Å². The molecule has 0 atom stereocenters. The van der Waals surface area contributed by atoms with Crippen molar-refractivity contribution in [2.24, 2.45) is 0 Å². The summed E-state index contributed by atoms with van der Waals surface area (Å²) in [5.41, 5.74) is 1.04. The average molecular weight is 261 g/mol. The van der Waals surface area contributed by atoms with Crippen molar-refractivity contribution in [3.8, 4) is 0 Å². The fourth-order valence-corrected chi connectivity index (χ4v) is 1.23. The third-order valence-electron chi connectivity index (χ3n) is 1.91. The van der Waals surface area contributed by atoms with Gasteiger partial charge in [-0.25, -0.2) is 0 Å². The molecule has 2 heterocycles. The van der Waals surface area contributed by atoms with Crippen LogP contribution < -0.4 is 5.32 Å². The second-order valence-corrected chi connectivity index (χ2v) is 3.00. The Bertz CT molecular complexity index is 365. The van der Waals surface area contributed by atoms with Crippen LogP contribution in [0.2, 0.25) is 0 Å². The van der Waals surface area contributed by atoms with Crippen molar-refractivity contribution >= 4 is 24.8 Å². The van der Waals surface area contributed by atoms with Gasteiger partial charge in [0.25, 0.3) is 0 Å². The Morgan fingerprint density at radius 2 is 1.94 bits per heavy atom. The number of nitrogens with zero attached hydrogens (tertiary/aromatic N) is 1. The van der Waals surface area contributed by atoms with Gasteiger partial charge in [0.05, 0.1) is 18.5 Å². The lowest BCUT2D eigenvalue weighted by Crippen LogP contribution is -2.12. The summed E-state index contributed by atoms with van der Waals surface area (Å²) in [6.07, 6.45) is 3.47. The summed E-state index contributed by atoms with van der Waals surface area (Å²) in [6.45, 7) is 1.51. The molecule has 0 aliphatic heterocycles. The lowest BCUT2D eigenvalue weighted by atomic mass is 10.3. The van der Waals surface area contributed by atoms with Crippen LogP contribution >= 0.6 is 24.8 Å². The zero-order chi connectivity index (χ0) is 9.64. The highest BCUT2D eigenvalue weighted by Gasteiger charge is 1.95. The van der Waals surface area contributed by atoms with Crippen molar-refractivity contribution in [2.45, 2.75) is 13.1 Å². The molecule has 0 bridgehead atoms. The van der Waals surface area contributed by atoms with E-state index in [1.807, 2.05) is 30.3 Å². The quantitative estimate of drug-likeness (QED) is 0.919. The molecule has 2 aromatic rings. The van der Waals surface area contributed by atoms with E-state index in [0.29, 0.717) is 0 Å². The first-order valence-corrected chi connectivity index (χ1v) is 4.58. The number of hydrogen-bond donors (Lipinski definition) is 1. The number of aromatic nitrogens is 1. The normalized spacial score (nSPS) is 9.00. The first-order valence-electron chi connectivity index (χ1n) is 4.58. The Balaban J connectivity index is 0.00000112. The zero-order valence-corrected chi connectivity index (χ0v) is 10.3. The minimum atomic E-state index is 0. The number of pyridine rings is 1. The van der Waals surface area contributed by atoms with Crippen LogP contribution in [0.3, 0.4) is 0 Å². The Morgan fingerprint density at radius 1 is 1.06 bits per heavy atom. The van der Waals surface area contributed by atoms with Crippen LogP contribution in [0.5, 0.6) is 0 Å². The van der Waals surface area contributed by atoms with E-state index in [1.54, 1.807) is 12.5 Å². The van der Waals surface area contributed by atoms with Gasteiger partial charge < -0.3 is 9.73 Å². The SMILES string of the molecule is Cl.Cl.c1ccc(CNCc2ccco2)nc1. The molecule has 0 unspecified atom stereocenters. The summed E-state index contributed by atoms with van der Waals surface area (Å²) in [4.78, 5) is 4.20. The molecule has 0 aliphatic carbocycles. The van der Waals surface area contributed by atoms with Crippen molar-refractivity contribution in [1.82, 2.24) is 10.3 Å². The van der Waals surface area contributed by atoms with Crippen LogP contribution in [0.15, 0.2) is 47.2 Å². The van der Waals surface area contributed by atoms with E-state index < -0.39 is 0 Å². The smallest absolute Gasteiger partial charge is 0.117 e. The number of rotatable bonds is 4. The van der Waals surface area contributed by atoms with Gasteiger partial charge in [0, 0.05) is 12.7 Å². The third kappa shape index (κ3) is 4.66. The molecule has 2 rings (SSSR count). The molecule has 1 N–H and O–H groups in total. The molecule has 0 saturated heterocycles. The Kier molecular flexibility index (Phi) is 7.64. The maximum Gasteiger partial charge on any atom is 0.117 e. The van der Waals surface area contributed by atoms with Crippen LogP contribution in [0.25, 0.3) is 0 Å². The fraction of sp³-hybridized carbons (Fsp3) is 0.182. The van der Waals surface area contributed by atoms with Crippen molar-refractivity contribution in [1.29, 1.82) is 0 Å². The second-order valence-electron chi connectivity index (χ2n) is 3.00. The van der Waals surface area contributed by atoms with Gasteiger partial charge in [0.1, 0.15) is 5.76 Å². The molecule has 0 aromatic carbocycles. The van der Waals surface area contributed by atoms with Crippen molar-refractivity contribution in [3.05, 3.63) is 54.2 Å². The molecule has 0 fully saturated rings. The summed E-state index contributed by atoms with van der Waals surface area (Å²) in [5.74, 6) is 0.945. The zero-order valence-electron chi connectivity index (χ0n) is 8.63. The van der Waals surface area contributed by atoms with Gasteiger partial charge in [-0.05, 0) is 24.3 Å². The molecule has 0 spiro atoms. The molecule has 5 heteroatoms. The van der Waals surface area contributed by atoms with Gasteiger partial charge in [-0.1, -0.05) is 6.07 Å². The Labute approximate surface area is 107 Å². The summed E-state index contributed by atoms with van der Waals surface area (Å²) in [6, 6.07) is 9.73. The molecular formula is C11H14Cl2N2O. The van der Waals surface area contributed by atoms with Gasteiger partial charge in [-0.2, -0.15) is 0 Å². The predicted octanol–water partition coefficient (Wildman–Crippen LogP) is 2.81. The topological polar surface area (TPSA) is 38.1 Å². The second kappa shape index (κ2) is 8.16. The maximum atomic E-state index is 5.19. The fourth-order valence-electron chi connectivity index (χ4n) is 1.23. The summed E-state index contributed by atoms with van der Waals surface area (Å²) < 4.78 is 5.19. The van der Waals surface area contributed by atoms with E-state index in [1.165, 1.54) is 0 Å². The average Bonchev–Trinajstić information content (AvgIpc) is 2.72. The molecule has 16 heavy (non-hydrogen) atoms. The highest BCUT2D eigenvalue weighted by atomic mass is 35.5. The number of halogens is 2. The Morgan fingerprint density at radius 3 is 2.56 bits per heavy atom. The molecule has 0 aliphatic rings. The highest BCUT2D eigenvalue weighted by Crippen LogP contribution is 1.99. The van der Waals surface area contributed by atoms with Gasteiger partial charge in [-0.15, -0.1) is 24.8 Å². The molecular weight excluding hydrogens is 247 g/mol. The van der Waals surface area contributed by atoms with Gasteiger partial charge >= 0.3 is 0 Å². The standard InChI is InChI=1S/C11H12N2O.2ClH/c1-2-6-13-10(4-1)8-12-9-11-5-3-7-14-11;;/h1-7,12H,8-9H2;2*1H. The third-order valence-corrected chi connectivity index (χ3v) is 1.91. The summed E-state index contributed by atoms with van der Waals surface area (Å²) in [5, 5.41) is 3.25. The maximum absolute atomic E-state index is 5.19. The van der Waals surface area contributed by atoms with E-state index >= 15 is 0 Å². The number of furan rings is 1. The molecule has 3 nitrogen and oxygen atoms in total. The minimum absolute atomic E-state index is 0. The molecule has 0 radical (unpaired) electrons. The lowest BCUT2D eigenvalue weighted by Gasteiger charge is -2.01. The van der Waals surface area contributed by atoms with Crippen LogP contribution in [-0.4, -0.2) is 4.98 Å². The summed E-state index contributed by atoms with van der Waals surface area (Å²) >= 11 is 0. The first-order chi connectivity index (χ1) is 6.95. The number of nitrogens with one attached hydrogen (secondary N) is 1. The van der Waals surface area contributed by atoms with E-state index in [4.69, 9.17) is 4.42 Å². The van der Waals surface area contributed by atoms with E-state index in [-0.39, 0.29) is 24.8 Å². The molecule has 88 valence electrons. The molecule has 0 amide bonds. The summed E-state index contributed by atoms with van der Waals surface area (Å²) in [7, 11) is 0. The van der Waals surface area contributed by atoms with Crippen LogP contribution in [0.1, 0.15) is 11.5 Å². The number of hydrogen-bond acceptors (Lipinski definition) is 3. The van der Waals surface area contributed by atoms with Crippen molar-refractivity contribution < 1.29 is 4.42 Å².